The molecule has 1 aliphatic heterocycles. The summed E-state index contributed by atoms with van der Waals surface area (Å²) in [6.45, 7) is 6.97. The van der Waals surface area contributed by atoms with Gasteiger partial charge in [0.2, 0.25) is 0 Å². The number of likely N-dealkylation sites (tertiary alicyclic amines) is 1. The molecule has 0 bridgehead atoms. The van der Waals surface area contributed by atoms with Gasteiger partial charge in [-0.2, -0.15) is 0 Å². The highest BCUT2D eigenvalue weighted by atomic mass is 15.2. The van der Waals surface area contributed by atoms with Gasteiger partial charge in [-0.15, -0.1) is 0 Å². The fourth-order valence-corrected chi connectivity index (χ4v) is 2.53. The summed E-state index contributed by atoms with van der Waals surface area (Å²) in [5.74, 6) is 0.829. The second kappa shape index (κ2) is 5.46. The van der Waals surface area contributed by atoms with Crippen molar-refractivity contribution in [2.24, 2.45) is 5.92 Å². The summed E-state index contributed by atoms with van der Waals surface area (Å²) in [5.41, 5.74) is 0. The van der Waals surface area contributed by atoms with Crippen LogP contribution in [0.15, 0.2) is 18.7 Å². The maximum Gasteiger partial charge on any atom is 0.0946 e. The van der Waals surface area contributed by atoms with Gasteiger partial charge in [0.25, 0.3) is 0 Å². The Morgan fingerprint density at radius 2 is 2.44 bits per heavy atom. The average molecular weight is 222 g/mol. The van der Waals surface area contributed by atoms with E-state index in [1.165, 1.54) is 19.5 Å². The molecular weight excluding hydrogens is 200 g/mol. The first-order valence-electron chi connectivity index (χ1n) is 6.14. The van der Waals surface area contributed by atoms with Crippen LogP contribution in [-0.2, 0) is 6.54 Å². The van der Waals surface area contributed by atoms with Crippen molar-refractivity contribution in [3.05, 3.63) is 18.7 Å². The van der Waals surface area contributed by atoms with Gasteiger partial charge in [-0.1, -0.05) is 0 Å². The molecule has 0 spiro atoms. The van der Waals surface area contributed by atoms with E-state index in [1.54, 1.807) is 0 Å². The zero-order valence-corrected chi connectivity index (χ0v) is 10.3. The second-order valence-corrected chi connectivity index (χ2v) is 4.82. The summed E-state index contributed by atoms with van der Waals surface area (Å²) in [6, 6.07) is 0.607. The van der Waals surface area contributed by atoms with Gasteiger partial charge in [0.1, 0.15) is 0 Å². The Morgan fingerprint density at radius 3 is 3.12 bits per heavy atom. The molecule has 4 heteroatoms. The Hall–Kier alpha value is -0.870. The van der Waals surface area contributed by atoms with Crippen molar-refractivity contribution in [3.8, 4) is 0 Å². The van der Waals surface area contributed by atoms with E-state index in [0.29, 0.717) is 6.04 Å². The van der Waals surface area contributed by atoms with Crippen LogP contribution in [0.3, 0.4) is 0 Å². The standard InChI is InChI=1S/C12H22N4/c1-11(8-15-6-4-14-10-15)16-5-3-12(9-16)7-13-2/h4,6,10-13H,3,5,7-9H2,1-2H3. The molecule has 4 nitrogen and oxygen atoms in total. The summed E-state index contributed by atoms with van der Waals surface area (Å²) in [6.07, 6.45) is 7.12. The van der Waals surface area contributed by atoms with Crippen molar-refractivity contribution in [1.29, 1.82) is 0 Å². The molecule has 0 amide bonds. The van der Waals surface area contributed by atoms with Crippen LogP contribution < -0.4 is 5.32 Å². The fraction of sp³-hybridized carbons (Fsp3) is 0.750. The van der Waals surface area contributed by atoms with Crippen LogP contribution in [-0.4, -0.2) is 47.2 Å². The summed E-state index contributed by atoms with van der Waals surface area (Å²) >= 11 is 0. The predicted molar refractivity (Wildman–Crippen MR) is 65.3 cm³/mol. The Morgan fingerprint density at radius 1 is 1.56 bits per heavy atom. The number of aromatic nitrogens is 2. The van der Waals surface area contributed by atoms with Gasteiger partial charge in [-0.05, 0) is 39.4 Å². The molecule has 1 aromatic heterocycles. The number of nitrogens with zero attached hydrogens (tertiary/aromatic N) is 3. The molecule has 16 heavy (non-hydrogen) atoms. The molecule has 0 aliphatic carbocycles. The average Bonchev–Trinajstić information content (AvgIpc) is 2.89. The second-order valence-electron chi connectivity index (χ2n) is 4.82. The normalized spacial score (nSPS) is 23.8. The van der Waals surface area contributed by atoms with Crippen molar-refractivity contribution < 1.29 is 0 Å². The van der Waals surface area contributed by atoms with Crippen LogP contribution in [0.5, 0.6) is 0 Å². The first kappa shape index (κ1) is 11.6. The van der Waals surface area contributed by atoms with Crippen LogP contribution in [0.1, 0.15) is 13.3 Å². The minimum atomic E-state index is 0.607. The van der Waals surface area contributed by atoms with Gasteiger partial charge in [-0.25, -0.2) is 4.98 Å². The Bertz CT molecular complexity index is 296. The molecule has 0 radical (unpaired) electrons. The smallest absolute Gasteiger partial charge is 0.0946 e. The minimum Gasteiger partial charge on any atom is -0.336 e. The minimum absolute atomic E-state index is 0.607. The number of nitrogens with one attached hydrogen (secondary N) is 1. The third-order valence-electron chi connectivity index (χ3n) is 3.47. The maximum absolute atomic E-state index is 4.08. The molecule has 2 atom stereocenters. The van der Waals surface area contributed by atoms with Crippen LogP contribution in [0.2, 0.25) is 0 Å². The highest BCUT2D eigenvalue weighted by molar-refractivity contribution is 4.82. The third kappa shape index (κ3) is 2.83. The van der Waals surface area contributed by atoms with Gasteiger partial charge in [0.15, 0.2) is 0 Å². The zero-order valence-electron chi connectivity index (χ0n) is 10.3. The summed E-state index contributed by atoms with van der Waals surface area (Å²) in [5, 5.41) is 3.27. The Balaban J connectivity index is 1.80. The third-order valence-corrected chi connectivity index (χ3v) is 3.47. The van der Waals surface area contributed by atoms with E-state index in [-0.39, 0.29) is 0 Å². The summed E-state index contributed by atoms with van der Waals surface area (Å²) < 4.78 is 2.16. The Kier molecular flexibility index (Phi) is 3.96. The number of hydrogen-bond donors (Lipinski definition) is 1. The molecule has 1 saturated heterocycles. The van der Waals surface area contributed by atoms with E-state index in [0.717, 1.165) is 19.0 Å². The van der Waals surface area contributed by atoms with Crippen molar-refractivity contribution in [1.82, 2.24) is 19.8 Å². The lowest BCUT2D eigenvalue weighted by Gasteiger charge is -2.24. The van der Waals surface area contributed by atoms with E-state index in [2.05, 4.69) is 26.7 Å². The van der Waals surface area contributed by atoms with Gasteiger partial charge in [0.05, 0.1) is 6.33 Å². The largest absolute Gasteiger partial charge is 0.336 e. The Labute approximate surface area is 97.7 Å². The predicted octanol–water partition coefficient (Wildman–Crippen LogP) is 0.813. The van der Waals surface area contributed by atoms with Gasteiger partial charge >= 0.3 is 0 Å². The topological polar surface area (TPSA) is 33.1 Å². The molecule has 90 valence electrons. The van der Waals surface area contributed by atoms with Crippen molar-refractivity contribution >= 4 is 0 Å². The lowest BCUT2D eigenvalue weighted by atomic mass is 10.1. The van der Waals surface area contributed by atoms with Crippen molar-refractivity contribution in [2.45, 2.75) is 25.9 Å². The van der Waals surface area contributed by atoms with Gasteiger partial charge in [0, 0.05) is 31.5 Å². The summed E-state index contributed by atoms with van der Waals surface area (Å²) in [7, 11) is 2.04. The molecule has 2 unspecified atom stereocenters. The summed E-state index contributed by atoms with van der Waals surface area (Å²) in [4.78, 5) is 6.67. The van der Waals surface area contributed by atoms with Crippen LogP contribution >= 0.6 is 0 Å². The fourth-order valence-electron chi connectivity index (χ4n) is 2.53. The van der Waals surface area contributed by atoms with Crippen molar-refractivity contribution in [2.75, 3.05) is 26.7 Å². The molecule has 2 heterocycles. The van der Waals surface area contributed by atoms with E-state index < -0.39 is 0 Å². The number of rotatable bonds is 5. The first-order valence-corrected chi connectivity index (χ1v) is 6.14. The number of hydrogen-bond acceptors (Lipinski definition) is 3. The van der Waals surface area contributed by atoms with Gasteiger partial charge in [-0.3, -0.25) is 4.90 Å². The van der Waals surface area contributed by atoms with Crippen LogP contribution in [0.25, 0.3) is 0 Å². The van der Waals surface area contributed by atoms with Crippen LogP contribution in [0.4, 0.5) is 0 Å². The SMILES string of the molecule is CNCC1CCN(C(C)Cn2ccnc2)C1. The highest BCUT2D eigenvalue weighted by Gasteiger charge is 2.25. The van der Waals surface area contributed by atoms with Gasteiger partial charge < -0.3 is 9.88 Å². The molecule has 2 rings (SSSR count). The van der Waals surface area contributed by atoms with E-state index in [9.17, 15) is 0 Å². The molecule has 1 fully saturated rings. The quantitative estimate of drug-likeness (QED) is 0.800. The lowest BCUT2D eigenvalue weighted by Crippen LogP contribution is -2.35. The molecule has 1 N–H and O–H groups in total. The first-order chi connectivity index (χ1) is 7.79. The molecule has 1 aliphatic rings. The monoisotopic (exact) mass is 222 g/mol. The van der Waals surface area contributed by atoms with E-state index >= 15 is 0 Å². The molecule has 0 aromatic carbocycles. The molecule has 0 saturated carbocycles. The molecular formula is C12H22N4. The number of imidazole rings is 1. The van der Waals surface area contributed by atoms with E-state index in [1.807, 2.05) is 25.8 Å². The zero-order chi connectivity index (χ0) is 11.4. The van der Waals surface area contributed by atoms with Crippen molar-refractivity contribution in [3.63, 3.8) is 0 Å². The van der Waals surface area contributed by atoms with E-state index in [4.69, 9.17) is 0 Å². The van der Waals surface area contributed by atoms with Crippen LogP contribution in [0, 0.1) is 5.92 Å². The highest BCUT2D eigenvalue weighted by Crippen LogP contribution is 2.18. The maximum atomic E-state index is 4.08. The lowest BCUT2D eigenvalue weighted by molar-refractivity contribution is 0.227. The molecule has 1 aromatic rings.